The molecule has 0 amide bonds. The van der Waals surface area contributed by atoms with Crippen molar-refractivity contribution in [2.24, 2.45) is 0 Å². The Balaban J connectivity index is 2.39. The van der Waals surface area contributed by atoms with Crippen LogP contribution in [0.5, 0.6) is 0 Å². The van der Waals surface area contributed by atoms with Gasteiger partial charge < -0.3 is 9.84 Å². The fourth-order valence-corrected chi connectivity index (χ4v) is 1.29. The second-order valence-electron chi connectivity index (χ2n) is 3.00. The summed E-state index contributed by atoms with van der Waals surface area (Å²) in [5, 5.41) is 9.70. The number of rotatable bonds is 1. The molecule has 12 heavy (non-hydrogen) atoms. The van der Waals surface area contributed by atoms with Crippen molar-refractivity contribution in [3.05, 3.63) is 35.6 Å². The molecule has 0 bridgehead atoms. The van der Waals surface area contributed by atoms with Crippen molar-refractivity contribution < 1.29 is 14.2 Å². The van der Waals surface area contributed by atoms with Crippen LogP contribution in [0.3, 0.4) is 0 Å². The van der Waals surface area contributed by atoms with E-state index in [-0.39, 0.29) is 19.0 Å². The maximum atomic E-state index is 13.1. The summed E-state index contributed by atoms with van der Waals surface area (Å²) in [7, 11) is 0. The van der Waals surface area contributed by atoms with Gasteiger partial charge in [-0.2, -0.15) is 0 Å². The van der Waals surface area contributed by atoms with Crippen LogP contribution in [0.4, 0.5) is 4.39 Å². The predicted octanol–water partition coefficient (Wildman–Crippen LogP) is 1.04. The molecule has 1 aliphatic rings. The number of ether oxygens (including phenoxy) is 1. The highest BCUT2D eigenvalue weighted by atomic mass is 19.1. The largest absolute Gasteiger partial charge is 0.380 e. The van der Waals surface area contributed by atoms with E-state index in [2.05, 4.69) is 0 Å². The molecule has 64 valence electrons. The lowest BCUT2D eigenvalue weighted by molar-refractivity contribution is -0.186. The normalized spacial score (nSPS) is 20.2. The molecule has 0 aliphatic carbocycles. The highest BCUT2D eigenvalue weighted by Gasteiger charge is 2.39. The van der Waals surface area contributed by atoms with Crippen LogP contribution in [-0.2, 0) is 10.3 Å². The van der Waals surface area contributed by atoms with Gasteiger partial charge in [0.25, 0.3) is 0 Å². The molecule has 1 aliphatic heterocycles. The molecule has 0 aromatic heterocycles. The molecular weight excluding hydrogens is 159 g/mol. The van der Waals surface area contributed by atoms with Crippen molar-refractivity contribution in [2.45, 2.75) is 5.60 Å². The van der Waals surface area contributed by atoms with Gasteiger partial charge in [0.05, 0.1) is 13.2 Å². The van der Waals surface area contributed by atoms with Crippen molar-refractivity contribution in [1.82, 2.24) is 0 Å². The van der Waals surface area contributed by atoms with Gasteiger partial charge in [-0.1, -0.05) is 18.2 Å². The molecule has 0 saturated carbocycles. The minimum Gasteiger partial charge on any atom is -0.380 e. The summed E-state index contributed by atoms with van der Waals surface area (Å²) in [6.45, 7) is 0.377. The lowest BCUT2D eigenvalue weighted by Crippen LogP contribution is -2.47. The standard InChI is InChI=1S/C9H9FO2/c10-8-4-2-1-3-7(8)9(11)5-12-6-9/h1-4,11H,5-6H2. The topological polar surface area (TPSA) is 29.5 Å². The van der Waals surface area contributed by atoms with Gasteiger partial charge in [-0.05, 0) is 6.07 Å². The third-order valence-corrected chi connectivity index (χ3v) is 2.06. The van der Waals surface area contributed by atoms with E-state index in [9.17, 15) is 9.50 Å². The molecule has 0 radical (unpaired) electrons. The molecule has 2 nitrogen and oxygen atoms in total. The first-order valence-electron chi connectivity index (χ1n) is 3.77. The van der Waals surface area contributed by atoms with Gasteiger partial charge >= 0.3 is 0 Å². The molecule has 1 N–H and O–H groups in total. The van der Waals surface area contributed by atoms with Crippen molar-refractivity contribution in [1.29, 1.82) is 0 Å². The van der Waals surface area contributed by atoms with Crippen LogP contribution >= 0.6 is 0 Å². The second kappa shape index (κ2) is 2.54. The van der Waals surface area contributed by atoms with Crippen LogP contribution in [0, 0.1) is 5.82 Å². The Morgan fingerprint density at radius 3 is 2.50 bits per heavy atom. The van der Waals surface area contributed by atoms with E-state index < -0.39 is 5.60 Å². The van der Waals surface area contributed by atoms with Gasteiger partial charge in [-0.3, -0.25) is 0 Å². The summed E-state index contributed by atoms with van der Waals surface area (Å²) in [6.07, 6.45) is 0. The Bertz CT molecular complexity index is 294. The van der Waals surface area contributed by atoms with E-state index in [1.807, 2.05) is 0 Å². The smallest absolute Gasteiger partial charge is 0.139 e. The predicted molar refractivity (Wildman–Crippen MR) is 41.1 cm³/mol. The highest BCUT2D eigenvalue weighted by molar-refractivity contribution is 5.26. The first-order chi connectivity index (χ1) is 5.72. The van der Waals surface area contributed by atoms with E-state index in [1.54, 1.807) is 18.2 Å². The van der Waals surface area contributed by atoms with Crippen LogP contribution in [0.1, 0.15) is 5.56 Å². The Kier molecular flexibility index (Phi) is 1.63. The zero-order valence-electron chi connectivity index (χ0n) is 6.46. The number of hydrogen-bond donors (Lipinski definition) is 1. The van der Waals surface area contributed by atoms with E-state index >= 15 is 0 Å². The van der Waals surface area contributed by atoms with Gasteiger partial charge in [0.1, 0.15) is 11.4 Å². The molecule has 0 unspecified atom stereocenters. The average molecular weight is 168 g/mol. The maximum absolute atomic E-state index is 13.1. The average Bonchev–Trinajstić information content (AvgIpc) is 2.01. The quantitative estimate of drug-likeness (QED) is 0.679. The Morgan fingerprint density at radius 2 is 2.00 bits per heavy atom. The van der Waals surface area contributed by atoms with Crippen molar-refractivity contribution in [3.8, 4) is 0 Å². The van der Waals surface area contributed by atoms with Gasteiger partial charge in [-0.25, -0.2) is 4.39 Å². The molecule has 2 rings (SSSR count). The Morgan fingerprint density at radius 1 is 1.33 bits per heavy atom. The molecule has 3 heteroatoms. The molecule has 1 fully saturated rings. The summed E-state index contributed by atoms with van der Waals surface area (Å²) in [6, 6.07) is 6.22. The van der Waals surface area contributed by atoms with Crippen molar-refractivity contribution in [2.75, 3.05) is 13.2 Å². The van der Waals surface area contributed by atoms with Gasteiger partial charge in [0.2, 0.25) is 0 Å². The van der Waals surface area contributed by atoms with Crippen LogP contribution in [0.15, 0.2) is 24.3 Å². The monoisotopic (exact) mass is 168 g/mol. The molecule has 1 aromatic rings. The minimum absolute atomic E-state index is 0.188. The first-order valence-corrected chi connectivity index (χ1v) is 3.77. The number of halogens is 1. The summed E-state index contributed by atoms with van der Waals surface area (Å²) >= 11 is 0. The lowest BCUT2D eigenvalue weighted by atomic mass is 9.92. The third-order valence-electron chi connectivity index (χ3n) is 2.06. The van der Waals surface area contributed by atoms with Crippen molar-refractivity contribution in [3.63, 3.8) is 0 Å². The fraction of sp³-hybridized carbons (Fsp3) is 0.333. The SMILES string of the molecule is OC1(c2ccccc2F)COC1. The third kappa shape index (κ3) is 1.02. The fourth-order valence-electron chi connectivity index (χ4n) is 1.29. The lowest BCUT2D eigenvalue weighted by Gasteiger charge is -2.36. The molecule has 0 spiro atoms. The molecule has 0 atom stereocenters. The van der Waals surface area contributed by atoms with Gasteiger partial charge in [0, 0.05) is 5.56 Å². The van der Waals surface area contributed by atoms with E-state index in [0.29, 0.717) is 5.56 Å². The Labute approximate surface area is 69.6 Å². The van der Waals surface area contributed by atoms with Gasteiger partial charge in [0.15, 0.2) is 0 Å². The summed E-state index contributed by atoms with van der Waals surface area (Å²) in [5.74, 6) is -0.372. The van der Waals surface area contributed by atoms with Crippen LogP contribution in [0.25, 0.3) is 0 Å². The number of benzene rings is 1. The van der Waals surface area contributed by atoms with Crippen LogP contribution in [0.2, 0.25) is 0 Å². The minimum atomic E-state index is -1.09. The van der Waals surface area contributed by atoms with Crippen LogP contribution in [-0.4, -0.2) is 18.3 Å². The highest BCUT2D eigenvalue weighted by Crippen LogP contribution is 2.30. The van der Waals surface area contributed by atoms with Crippen molar-refractivity contribution >= 4 is 0 Å². The molecule has 1 aromatic carbocycles. The van der Waals surface area contributed by atoms with E-state index in [4.69, 9.17) is 4.74 Å². The molecule has 1 saturated heterocycles. The number of hydrogen-bond acceptors (Lipinski definition) is 2. The molecule has 1 heterocycles. The molecular formula is C9H9FO2. The maximum Gasteiger partial charge on any atom is 0.139 e. The Hall–Kier alpha value is -0.930. The first kappa shape index (κ1) is 7.71. The zero-order chi connectivity index (χ0) is 8.60. The van der Waals surface area contributed by atoms with E-state index in [1.165, 1.54) is 6.07 Å². The summed E-state index contributed by atoms with van der Waals surface area (Å²) in [5.41, 5.74) is -0.762. The van der Waals surface area contributed by atoms with Crippen LogP contribution < -0.4 is 0 Å². The summed E-state index contributed by atoms with van der Waals surface area (Å²) < 4.78 is 17.9. The van der Waals surface area contributed by atoms with Gasteiger partial charge in [-0.15, -0.1) is 0 Å². The zero-order valence-corrected chi connectivity index (χ0v) is 6.46. The summed E-state index contributed by atoms with van der Waals surface area (Å²) in [4.78, 5) is 0. The number of aliphatic hydroxyl groups is 1. The van der Waals surface area contributed by atoms with E-state index in [0.717, 1.165) is 0 Å². The second-order valence-corrected chi connectivity index (χ2v) is 3.00.